The molecule has 0 saturated carbocycles. The molecule has 1 aromatic carbocycles. The van der Waals surface area contributed by atoms with E-state index in [1.807, 2.05) is 30.3 Å². The zero-order valence-electron chi connectivity index (χ0n) is 11.2. The Kier molecular flexibility index (Phi) is 5.61. The SMILES string of the molecule is NCc1ccccc1OCC(O)COCc1ccco1. The molecule has 0 bridgehead atoms. The van der Waals surface area contributed by atoms with Gasteiger partial charge in [0, 0.05) is 12.1 Å². The lowest BCUT2D eigenvalue weighted by molar-refractivity contribution is 0.000735. The number of rotatable bonds is 8. The van der Waals surface area contributed by atoms with E-state index in [4.69, 9.17) is 19.6 Å². The van der Waals surface area contributed by atoms with Gasteiger partial charge in [0.05, 0.1) is 12.9 Å². The van der Waals surface area contributed by atoms with Crippen molar-refractivity contribution in [1.29, 1.82) is 0 Å². The second-order valence-electron chi connectivity index (χ2n) is 4.37. The normalized spacial score (nSPS) is 12.3. The summed E-state index contributed by atoms with van der Waals surface area (Å²) in [7, 11) is 0. The van der Waals surface area contributed by atoms with Crippen LogP contribution < -0.4 is 10.5 Å². The lowest BCUT2D eigenvalue weighted by Crippen LogP contribution is -2.23. The number of furan rings is 1. The van der Waals surface area contributed by atoms with Gasteiger partial charge in [0.25, 0.3) is 0 Å². The van der Waals surface area contributed by atoms with E-state index in [0.717, 1.165) is 11.3 Å². The smallest absolute Gasteiger partial charge is 0.129 e. The Bertz CT molecular complexity index is 498. The van der Waals surface area contributed by atoms with Gasteiger partial charge < -0.3 is 24.7 Å². The minimum atomic E-state index is -0.698. The number of nitrogens with two attached hydrogens (primary N) is 1. The fraction of sp³-hybridized carbons (Fsp3) is 0.333. The van der Waals surface area contributed by atoms with Crippen LogP contribution in [0.2, 0.25) is 0 Å². The maximum absolute atomic E-state index is 9.79. The Labute approximate surface area is 117 Å². The summed E-state index contributed by atoms with van der Waals surface area (Å²) in [6.45, 7) is 1.09. The first kappa shape index (κ1) is 14.6. The van der Waals surface area contributed by atoms with E-state index in [-0.39, 0.29) is 13.2 Å². The molecule has 0 aliphatic rings. The number of benzene rings is 1. The van der Waals surface area contributed by atoms with E-state index < -0.39 is 6.10 Å². The standard InChI is InChI=1S/C15H19NO4/c16-8-12-4-1-2-6-15(12)20-10-13(17)9-18-11-14-5-3-7-19-14/h1-7,13,17H,8-11,16H2. The Morgan fingerprint density at radius 3 is 2.75 bits per heavy atom. The zero-order chi connectivity index (χ0) is 14.2. The number of aliphatic hydroxyl groups is 1. The van der Waals surface area contributed by atoms with Crippen molar-refractivity contribution in [2.45, 2.75) is 19.3 Å². The van der Waals surface area contributed by atoms with Crippen LogP contribution in [0.4, 0.5) is 0 Å². The summed E-state index contributed by atoms with van der Waals surface area (Å²) >= 11 is 0. The van der Waals surface area contributed by atoms with Crippen molar-refractivity contribution < 1.29 is 19.0 Å². The molecule has 1 atom stereocenters. The van der Waals surface area contributed by atoms with Crippen LogP contribution in [0.1, 0.15) is 11.3 Å². The van der Waals surface area contributed by atoms with Gasteiger partial charge in [0.15, 0.2) is 0 Å². The molecule has 3 N–H and O–H groups in total. The van der Waals surface area contributed by atoms with Gasteiger partial charge in [-0.25, -0.2) is 0 Å². The quantitative estimate of drug-likeness (QED) is 0.768. The number of para-hydroxylation sites is 1. The fourth-order valence-electron chi connectivity index (χ4n) is 1.74. The van der Waals surface area contributed by atoms with E-state index in [0.29, 0.717) is 18.9 Å². The van der Waals surface area contributed by atoms with Gasteiger partial charge in [-0.05, 0) is 18.2 Å². The van der Waals surface area contributed by atoms with Crippen molar-refractivity contribution in [2.75, 3.05) is 13.2 Å². The molecule has 5 nitrogen and oxygen atoms in total. The van der Waals surface area contributed by atoms with Crippen LogP contribution in [-0.2, 0) is 17.9 Å². The lowest BCUT2D eigenvalue weighted by Gasteiger charge is -2.14. The molecule has 0 spiro atoms. The monoisotopic (exact) mass is 277 g/mol. The zero-order valence-corrected chi connectivity index (χ0v) is 11.2. The summed E-state index contributed by atoms with van der Waals surface area (Å²) in [5.74, 6) is 1.42. The predicted octanol–water partition coefficient (Wildman–Crippen LogP) is 1.69. The highest BCUT2D eigenvalue weighted by Crippen LogP contribution is 2.17. The summed E-state index contributed by atoms with van der Waals surface area (Å²) in [6, 6.07) is 11.1. The molecule has 0 fully saturated rings. The van der Waals surface area contributed by atoms with Gasteiger partial charge in [-0.1, -0.05) is 18.2 Å². The van der Waals surface area contributed by atoms with Crippen molar-refractivity contribution in [1.82, 2.24) is 0 Å². The van der Waals surface area contributed by atoms with Crippen molar-refractivity contribution in [2.24, 2.45) is 5.73 Å². The summed E-state index contributed by atoms with van der Waals surface area (Å²) in [4.78, 5) is 0. The highest BCUT2D eigenvalue weighted by molar-refractivity contribution is 5.32. The first-order valence-corrected chi connectivity index (χ1v) is 6.48. The highest BCUT2D eigenvalue weighted by Gasteiger charge is 2.08. The number of hydrogen-bond acceptors (Lipinski definition) is 5. The molecule has 0 amide bonds. The predicted molar refractivity (Wildman–Crippen MR) is 74.2 cm³/mol. The molecule has 20 heavy (non-hydrogen) atoms. The first-order chi connectivity index (χ1) is 9.79. The summed E-state index contributed by atoms with van der Waals surface area (Å²) in [5.41, 5.74) is 6.53. The van der Waals surface area contributed by atoms with Crippen LogP contribution in [0.15, 0.2) is 47.1 Å². The topological polar surface area (TPSA) is 77.9 Å². The van der Waals surface area contributed by atoms with Gasteiger partial charge in [0.2, 0.25) is 0 Å². The molecule has 5 heteroatoms. The number of ether oxygens (including phenoxy) is 2. The fourth-order valence-corrected chi connectivity index (χ4v) is 1.74. The van der Waals surface area contributed by atoms with E-state index in [1.165, 1.54) is 0 Å². The van der Waals surface area contributed by atoms with Crippen LogP contribution in [0.3, 0.4) is 0 Å². The van der Waals surface area contributed by atoms with Crippen molar-refractivity contribution in [3.05, 3.63) is 54.0 Å². The van der Waals surface area contributed by atoms with Gasteiger partial charge >= 0.3 is 0 Å². The van der Waals surface area contributed by atoms with E-state index >= 15 is 0 Å². The molecule has 0 radical (unpaired) electrons. The molecule has 0 saturated heterocycles. The van der Waals surface area contributed by atoms with Gasteiger partial charge in [-0.3, -0.25) is 0 Å². The third-order valence-electron chi connectivity index (χ3n) is 2.76. The lowest BCUT2D eigenvalue weighted by atomic mass is 10.2. The summed E-state index contributed by atoms with van der Waals surface area (Å²) in [5, 5.41) is 9.79. The molecule has 0 aliphatic carbocycles. The Balaban J connectivity index is 1.70. The van der Waals surface area contributed by atoms with E-state index in [2.05, 4.69) is 0 Å². The van der Waals surface area contributed by atoms with Crippen molar-refractivity contribution in [3.63, 3.8) is 0 Å². The minimum absolute atomic E-state index is 0.162. The third-order valence-corrected chi connectivity index (χ3v) is 2.76. The Morgan fingerprint density at radius 1 is 1.15 bits per heavy atom. The average Bonchev–Trinajstić information content (AvgIpc) is 2.98. The first-order valence-electron chi connectivity index (χ1n) is 6.48. The van der Waals surface area contributed by atoms with Crippen LogP contribution in [0, 0.1) is 0 Å². The molecular weight excluding hydrogens is 258 g/mol. The molecule has 108 valence electrons. The minimum Gasteiger partial charge on any atom is -0.490 e. The van der Waals surface area contributed by atoms with Gasteiger partial charge in [-0.2, -0.15) is 0 Å². The summed E-state index contributed by atoms with van der Waals surface area (Å²) < 4.78 is 16.0. The Morgan fingerprint density at radius 2 is 2.00 bits per heavy atom. The van der Waals surface area contributed by atoms with Crippen molar-refractivity contribution in [3.8, 4) is 5.75 Å². The molecule has 2 aromatic rings. The van der Waals surface area contributed by atoms with Gasteiger partial charge in [-0.15, -0.1) is 0 Å². The maximum atomic E-state index is 9.79. The second-order valence-corrected chi connectivity index (χ2v) is 4.37. The maximum Gasteiger partial charge on any atom is 0.129 e. The molecule has 1 unspecified atom stereocenters. The van der Waals surface area contributed by atoms with E-state index in [1.54, 1.807) is 12.3 Å². The second kappa shape index (κ2) is 7.69. The van der Waals surface area contributed by atoms with Crippen molar-refractivity contribution >= 4 is 0 Å². The van der Waals surface area contributed by atoms with Crippen LogP contribution in [0.25, 0.3) is 0 Å². The molecule has 2 rings (SSSR count). The molecule has 1 aromatic heterocycles. The third kappa shape index (κ3) is 4.38. The van der Waals surface area contributed by atoms with Crippen LogP contribution in [0.5, 0.6) is 5.75 Å². The molecular formula is C15H19NO4. The van der Waals surface area contributed by atoms with Crippen LogP contribution in [-0.4, -0.2) is 24.4 Å². The van der Waals surface area contributed by atoms with Gasteiger partial charge in [0.1, 0.15) is 30.8 Å². The highest BCUT2D eigenvalue weighted by atomic mass is 16.5. The Hall–Kier alpha value is -1.82. The van der Waals surface area contributed by atoms with E-state index in [9.17, 15) is 5.11 Å². The van der Waals surface area contributed by atoms with Crippen LogP contribution >= 0.6 is 0 Å². The average molecular weight is 277 g/mol. The number of aliphatic hydroxyl groups excluding tert-OH is 1. The number of hydrogen-bond donors (Lipinski definition) is 2. The summed E-state index contributed by atoms with van der Waals surface area (Å²) in [6.07, 6.45) is 0.887. The largest absolute Gasteiger partial charge is 0.490 e. The molecule has 0 aliphatic heterocycles. The molecule has 1 heterocycles.